The predicted molar refractivity (Wildman–Crippen MR) is 110 cm³/mol. The molecule has 1 aliphatic rings. The van der Waals surface area contributed by atoms with Crippen molar-refractivity contribution in [3.8, 4) is 11.1 Å². The maximum absolute atomic E-state index is 12.3. The van der Waals surface area contributed by atoms with Crippen LogP contribution in [-0.4, -0.2) is 47.4 Å². The second-order valence-corrected chi connectivity index (χ2v) is 7.13. The van der Waals surface area contributed by atoms with E-state index in [1.54, 1.807) is 26.0 Å². The number of rotatable bonds is 7. The van der Waals surface area contributed by atoms with E-state index in [2.05, 4.69) is 10.6 Å². The molecule has 1 atom stereocenters. The van der Waals surface area contributed by atoms with Crippen LogP contribution in [0.15, 0.2) is 54.6 Å². The molecule has 1 aliphatic heterocycles. The summed E-state index contributed by atoms with van der Waals surface area (Å²) in [7, 11) is 0. The molecule has 0 aromatic heterocycles. The molecule has 1 unspecified atom stereocenters. The lowest BCUT2D eigenvalue weighted by atomic mass is 9.99. The zero-order valence-corrected chi connectivity index (χ0v) is 16.8. The van der Waals surface area contributed by atoms with Crippen LogP contribution in [0.5, 0.6) is 0 Å². The van der Waals surface area contributed by atoms with Gasteiger partial charge in [-0.05, 0) is 25.0 Å². The van der Waals surface area contributed by atoms with E-state index in [0.29, 0.717) is 12.1 Å². The molecule has 30 heavy (non-hydrogen) atoms. The number of nitrogens with zero attached hydrogens (tertiary/aromatic N) is 1. The second-order valence-electron chi connectivity index (χ2n) is 7.13. The van der Waals surface area contributed by atoms with Gasteiger partial charge in [-0.1, -0.05) is 55.5 Å². The highest BCUT2D eigenvalue weighted by atomic mass is 16.5. The van der Waals surface area contributed by atoms with Crippen LogP contribution in [0, 0.1) is 0 Å². The Kier molecular flexibility index (Phi) is 6.15. The summed E-state index contributed by atoms with van der Waals surface area (Å²) in [5, 5.41) is 5.28. The maximum atomic E-state index is 12.3. The topological polar surface area (TPSA) is 105 Å². The molecule has 3 rings (SSSR count). The first-order valence-corrected chi connectivity index (χ1v) is 9.58. The summed E-state index contributed by atoms with van der Waals surface area (Å²) >= 11 is 0. The first-order valence-electron chi connectivity index (χ1n) is 9.58. The fourth-order valence-electron chi connectivity index (χ4n) is 3.10. The highest BCUT2D eigenvalue weighted by Crippen LogP contribution is 2.27. The molecule has 2 aromatic carbocycles. The Balaban J connectivity index is 1.57. The number of anilines is 1. The minimum atomic E-state index is -1.03. The zero-order chi connectivity index (χ0) is 21.7. The Labute approximate surface area is 174 Å². The van der Waals surface area contributed by atoms with Gasteiger partial charge in [0, 0.05) is 11.3 Å². The van der Waals surface area contributed by atoms with Gasteiger partial charge in [0.05, 0.1) is 0 Å². The van der Waals surface area contributed by atoms with Gasteiger partial charge in [0.2, 0.25) is 0 Å². The molecule has 0 saturated carbocycles. The average Bonchev–Trinajstić information content (AvgIpc) is 2.97. The first-order chi connectivity index (χ1) is 14.3. The van der Waals surface area contributed by atoms with Crippen molar-refractivity contribution in [2.24, 2.45) is 0 Å². The number of ether oxygens (including phenoxy) is 1. The van der Waals surface area contributed by atoms with Crippen LogP contribution in [0.4, 0.5) is 10.5 Å². The molecule has 2 aromatic rings. The van der Waals surface area contributed by atoms with E-state index in [1.807, 2.05) is 42.5 Å². The van der Waals surface area contributed by atoms with Crippen LogP contribution in [0.25, 0.3) is 11.1 Å². The van der Waals surface area contributed by atoms with Gasteiger partial charge in [-0.25, -0.2) is 4.79 Å². The normalized spacial score (nSPS) is 18.1. The summed E-state index contributed by atoms with van der Waals surface area (Å²) < 4.78 is 4.96. The molecule has 0 spiro atoms. The molecule has 8 nitrogen and oxygen atoms in total. The lowest BCUT2D eigenvalue weighted by Crippen LogP contribution is -2.43. The van der Waals surface area contributed by atoms with Crippen molar-refractivity contribution in [1.29, 1.82) is 0 Å². The Bertz CT molecular complexity index is 976. The van der Waals surface area contributed by atoms with Crippen molar-refractivity contribution in [3.05, 3.63) is 54.6 Å². The Morgan fingerprint density at radius 1 is 1.07 bits per heavy atom. The largest absolute Gasteiger partial charge is 0.454 e. The molecule has 156 valence electrons. The number of hydrogen-bond donors (Lipinski definition) is 2. The highest BCUT2D eigenvalue weighted by molar-refractivity contribution is 6.08. The van der Waals surface area contributed by atoms with Crippen molar-refractivity contribution in [2.75, 3.05) is 18.5 Å². The highest BCUT2D eigenvalue weighted by Gasteiger charge is 2.47. The van der Waals surface area contributed by atoms with Crippen LogP contribution < -0.4 is 10.6 Å². The molecular weight excluding hydrogens is 386 g/mol. The summed E-state index contributed by atoms with van der Waals surface area (Å²) in [6.07, 6.45) is 0.395. The summed E-state index contributed by atoms with van der Waals surface area (Å²) in [6.45, 7) is 2.28. The van der Waals surface area contributed by atoms with Gasteiger partial charge in [0.1, 0.15) is 12.1 Å². The van der Waals surface area contributed by atoms with Gasteiger partial charge in [0.25, 0.3) is 11.8 Å². The standard InChI is InChI=1S/C22H23N3O5/c1-3-22(2)20(28)25(21(29)24-22)13-19(27)30-14-18(26)23-17-12-8-7-11-16(17)15-9-5-4-6-10-15/h4-12H,3,13-14H2,1-2H3,(H,23,26)(H,24,29). The number of carbonyl (C=O) groups is 4. The summed E-state index contributed by atoms with van der Waals surface area (Å²) in [5.74, 6) is -1.86. The predicted octanol–water partition coefficient (Wildman–Crippen LogP) is 2.56. The van der Waals surface area contributed by atoms with Crippen LogP contribution in [0.2, 0.25) is 0 Å². The van der Waals surface area contributed by atoms with Gasteiger partial charge in [0.15, 0.2) is 6.61 Å². The van der Waals surface area contributed by atoms with E-state index < -0.39 is 42.5 Å². The number of amides is 4. The van der Waals surface area contributed by atoms with Crippen LogP contribution >= 0.6 is 0 Å². The first kappa shape index (κ1) is 21.0. The van der Waals surface area contributed by atoms with E-state index in [1.165, 1.54) is 0 Å². The molecule has 2 N–H and O–H groups in total. The van der Waals surface area contributed by atoms with E-state index in [9.17, 15) is 19.2 Å². The number of carbonyl (C=O) groups excluding carboxylic acids is 4. The van der Waals surface area contributed by atoms with Crippen LogP contribution in [0.3, 0.4) is 0 Å². The molecule has 1 heterocycles. The monoisotopic (exact) mass is 409 g/mol. The fourth-order valence-corrected chi connectivity index (χ4v) is 3.10. The Morgan fingerprint density at radius 2 is 1.73 bits per heavy atom. The van der Waals surface area contributed by atoms with E-state index in [0.717, 1.165) is 16.0 Å². The number of nitrogens with one attached hydrogen (secondary N) is 2. The van der Waals surface area contributed by atoms with Crippen LogP contribution in [-0.2, 0) is 19.1 Å². The van der Waals surface area contributed by atoms with Gasteiger partial charge in [-0.2, -0.15) is 0 Å². The molecule has 1 saturated heterocycles. The third kappa shape index (κ3) is 4.48. The summed E-state index contributed by atoms with van der Waals surface area (Å²) in [5.41, 5.74) is 1.31. The Morgan fingerprint density at radius 3 is 2.40 bits per heavy atom. The lowest BCUT2D eigenvalue weighted by molar-refractivity contribution is -0.150. The van der Waals surface area contributed by atoms with Crippen molar-refractivity contribution >= 4 is 29.5 Å². The number of esters is 1. The van der Waals surface area contributed by atoms with E-state index in [-0.39, 0.29) is 0 Å². The van der Waals surface area contributed by atoms with Crippen molar-refractivity contribution < 1.29 is 23.9 Å². The van der Waals surface area contributed by atoms with E-state index >= 15 is 0 Å². The fraction of sp³-hybridized carbons (Fsp3) is 0.273. The third-order valence-electron chi connectivity index (χ3n) is 4.99. The van der Waals surface area contributed by atoms with Gasteiger partial charge in [-0.3, -0.25) is 19.3 Å². The number of hydrogen-bond acceptors (Lipinski definition) is 5. The molecule has 0 aliphatic carbocycles. The zero-order valence-electron chi connectivity index (χ0n) is 16.8. The quantitative estimate of drug-likeness (QED) is 0.540. The molecule has 0 bridgehead atoms. The van der Waals surface area contributed by atoms with Crippen molar-refractivity contribution in [1.82, 2.24) is 10.2 Å². The molecule has 4 amide bonds. The number of imide groups is 1. The minimum Gasteiger partial charge on any atom is -0.454 e. The molecule has 8 heteroatoms. The second kappa shape index (κ2) is 8.77. The maximum Gasteiger partial charge on any atom is 0.326 e. The Hall–Kier alpha value is -3.68. The average molecular weight is 409 g/mol. The van der Waals surface area contributed by atoms with Gasteiger partial charge < -0.3 is 15.4 Å². The summed E-state index contributed by atoms with van der Waals surface area (Å²) in [4.78, 5) is 49.4. The van der Waals surface area contributed by atoms with Crippen molar-refractivity contribution in [2.45, 2.75) is 25.8 Å². The molecule has 0 radical (unpaired) electrons. The van der Waals surface area contributed by atoms with Gasteiger partial charge >= 0.3 is 12.0 Å². The number of urea groups is 1. The number of para-hydroxylation sites is 1. The minimum absolute atomic E-state index is 0.395. The number of benzene rings is 2. The van der Waals surface area contributed by atoms with E-state index in [4.69, 9.17) is 4.74 Å². The molecule has 1 fully saturated rings. The van der Waals surface area contributed by atoms with Gasteiger partial charge in [-0.15, -0.1) is 0 Å². The summed E-state index contributed by atoms with van der Waals surface area (Å²) in [6, 6.07) is 16.2. The SMILES string of the molecule is CCC1(C)NC(=O)N(CC(=O)OCC(=O)Nc2ccccc2-c2ccccc2)C1=O. The lowest BCUT2D eigenvalue weighted by Gasteiger charge is -2.18. The van der Waals surface area contributed by atoms with Crippen molar-refractivity contribution in [3.63, 3.8) is 0 Å². The third-order valence-corrected chi connectivity index (χ3v) is 4.99. The smallest absolute Gasteiger partial charge is 0.326 e. The van der Waals surface area contributed by atoms with Crippen LogP contribution in [0.1, 0.15) is 20.3 Å². The molecular formula is C22H23N3O5.